The zero-order valence-corrected chi connectivity index (χ0v) is 18.6. The second kappa shape index (κ2) is 8.53. The molecule has 0 aliphatic carbocycles. The van der Waals surface area contributed by atoms with E-state index in [4.69, 9.17) is 16.3 Å². The highest BCUT2D eigenvalue weighted by molar-refractivity contribution is 7.13. The standard InChI is InChI=1S/C24H17ClN4O2S/c1-31-17-6-7-22-18(10-17)19(13-29(22)12-15-2-4-16(25)5-3-15)23(30)21-14-32-24(28-21)20-11-26-8-9-27-20/h2-11,13-14H,12H2,1H3. The predicted octanol–water partition coefficient (Wildman–Crippen LogP) is 5.50. The van der Waals surface area contributed by atoms with Gasteiger partial charge in [0.1, 0.15) is 22.1 Å². The van der Waals surface area contributed by atoms with Gasteiger partial charge >= 0.3 is 0 Å². The summed E-state index contributed by atoms with van der Waals surface area (Å²) in [6, 6.07) is 13.4. The van der Waals surface area contributed by atoms with Crippen molar-refractivity contribution in [3.63, 3.8) is 0 Å². The second-order valence-corrected chi connectivity index (χ2v) is 8.43. The second-order valence-electron chi connectivity index (χ2n) is 7.14. The maximum atomic E-state index is 13.5. The van der Waals surface area contributed by atoms with E-state index in [0.717, 1.165) is 16.5 Å². The average molecular weight is 461 g/mol. The monoisotopic (exact) mass is 460 g/mol. The Morgan fingerprint density at radius 3 is 2.75 bits per heavy atom. The van der Waals surface area contributed by atoms with Crippen molar-refractivity contribution in [1.29, 1.82) is 0 Å². The molecule has 0 radical (unpaired) electrons. The van der Waals surface area contributed by atoms with Crippen LogP contribution in [0.3, 0.4) is 0 Å². The molecule has 0 aliphatic heterocycles. The normalized spacial score (nSPS) is 11.1. The number of hydrogen-bond acceptors (Lipinski definition) is 6. The van der Waals surface area contributed by atoms with Crippen molar-refractivity contribution in [3.8, 4) is 16.5 Å². The molecule has 8 heteroatoms. The van der Waals surface area contributed by atoms with E-state index in [2.05, 4.69) is 19.5 Å². The fourth-order valence-electron chi connectivity index (χ4n) is 3.54. The fourth-order valence-corrected chi connectivity index (χ4v) is 4.43. The van der Waals surface area contributed by atoms with Gasteiger partial charge in [-0.05, 0) is 35.9 Å². The number of carbonyl (C=O) groups excluding carboxylic acids is 1. The lowest BCUT2D eigenvalue weighted by Crippen LogP contribution is -2.02. The molecule has 0 saturated carbocycles. The molecular weight excluding hydrogens is 444 g/mol. The smallest absolute Gasteiger partial charge is 0.214 e. The lowest BCUT2D eigenvalue weighted by Gasteiger charge is -2.06. The van der Waals surface area contributed by atoms with Gasteiger partial charge in [0.05, 0.1) is 13.3 Å². The highest BCUT2D eigenvalue weighted by Gasteiger charge is 2.20. The van der Waals surface area contributed by atoms with Crippen LogP contribution in [-0.2, 0) is 6.54 Å². The van der Waals surface area contributed by atoms with Gasteiger partial charge in [-0.1, -0.05) is 23.7 Å². The predicted molar refractivity (Wildman–Crippen MR) is 126 cm³/mol. The number of ether oxygens (including phenoxy) is 1. The summed E-state index contributed by atoms with van der Waals surface area (Å²) in [4.78, 5) is 26.3. The maximum Gasteiger partial charge on any atom is 0.214 e. The van der Waals surface area contributed by atoms with E-state index >= 15 is 0 Å². The molecule has 0 aliphatic rings. The minimum atomic E-state index is -0.149. The van der Waals surface area contributed by atoms with E-state index in [9.17, 15) is 4.79 Å². The summed E-state index contributed by atoms with van der Waals surface area (Å²) >= 11 is 7.39. The minimum absolute atomic E-state index is 0.149. The number of nitrogens with zero attached hydrogens (tertiary/aromatic N) is 4. The van der Waals surface area contributed by atoms with Crippen molar-refractivity contribution < 1.29 is 9.53 Å². The lowest BCUT2D eigenvalue weighted by atomic mass is 10.1. The van der Waals surface area contributed by atoms with Crippen LogP contribution in [-0.4, -0.2) is 32.4 Å². The van der Waals surface area contributed by atoms with Crippen LogP contribution in [0.5, 0.6) is 5.75 Å². The van der Waals surface area contributed by atoms with Gasteiger partial charge in [-0.25, -0.2) is 4.98 Å². The molecule has 5 rings (SSSR count). The van der Waals surface area contributed by atoms with E-state index in [1.54, 1.807) is 31.1 Å². The Kier molecular flexibility index (Phi) is 5.43. The molecule has 32 heavy (non-hydrogen) atoms. The van der Waals surface area contributed by atoms with Crippen molar-refractivity contribution in [2.75, 3.05) is 7.11 Å². The minimum Gasteiger partial charge on any atom is -0.497 e. The van der Waals surface area contributed by atoms with Gasteiger partial charge < -0.3 is 9.30 Å². The van der Waals surface area contributed by atoms with E-state index in [1.165, 1.54) is 11.3 Å². The largest absolute Gasteiger partial charge is 0.497 e. The van der Waals surface area contributed by atoms with Crippen molar-refractivity contribution in [2.24, 2.45) is 0 Å². The summed E-state index contributed by atoms with van der Waals surface area (Å²) in [6.07, 6.45) is 6.72. The third kappa shape index (κ3) is 3.88. The zero-order chi connectivity index (χ0) is 22.1. The molecule has 0 N–H and O–H groups in total. The van der Waals surface area contributed by atoms with Crippen molar-refractivity contribution >= 4 is 39.6 Å². The molecule has 5 aromatic rings. The van der Waals surface area contributed by atoms with Gasteiger partial charge in [-0.2, -0.15) is 0 Å². The summed E-state index contributed by atoms with van der Waals surface area (Å²) in [6.45, 7) is 0.606. The third-order valence-corrected chi connectivity index (χ3v) is 6.23. The highest BCUT2D eigenvalue weighted by atomic mass is 35.5. The van der Waals surface area contributed by atoms with Gasteiger partial charge in [0, 0.05) is 52.0 Å². The molecule has 2 aromatic carbocycles. The average Bonchev–Trinajstić information content (AvgIpc) is 3.46. The quantitative estimate of drug-likeness (QED) is 0.313. The van der Waals surface area contributed by atoms with E-state index in [1.807, 2.05) is 48.7 Å². The van der Waals surface area contributed by atoms with Gasteiger partial charge in [-0.3, -0.25) is 14.8 Å². The molecule has 6 nitrogen and oxygen atoms in total. The molecule has 3 aromatic heterocycles. The number of benzene rings is 2. The molecule has 0 amide bonds. The fraction of sp³-hybridized carbons (Fsp3) is 0.0833. The van der Waals surface area contributed by atoms with Gasteiger partial charge in [0.25, 0.3) is 0 Å². The Morgan fingerprint density at radius 1 is 1.16 bits per heavy atom. The molecular formula is C24H17ClN4O2S. The summed E-state index contributed by atoms with van der Waals surface area (Å²) in [7, 11) is 1.61. The van der Waals surface area contributed by atoms with Crippen molar-refractivity contribution in [2.45, 2.75) is 6.54 Å². The number of aromatic nitrogens is 4. The number of fused-ring (bicyclic) bond motifs is 1. The molecule has 0 unspecified atom stereocenters. The van der Waals surface area contributed by atoms with Crippen LogP contribution in [0.4, 0.5) is 0 Å². The van der Waals surface area contributed by atoms with Crippen LogP contribution in [0, 0.1) is 0 Å². The van der Waals surface area contributed by atoms with Crippen LogP contribution >= 0.6 is 22.9 Å². The van der Waals surface area contributed by atoms with Crippen LogP contribution in [0.25, 0.3) is 21.6 Å². The van der Waals surface area contributed by atoms with E-state index in [0.29, 0.717) is 39.3 Å². The number of carbonyl (C=O) groups is 1. The zero-order valence-electron chi connectivity index (χ0n) is 17.0. The molecule has 0 atom stereocenters. The SMILES string of the molecule is COc1ccc2c(c1)c(C(=O)c1csc(-c3cnccn3)n1)cn2Cc1ccc(Cl)cc1. The Balaban J connectivity index is 1.56. The summed E-state index contributed by atoms with van der Waals surface area (Å²) in [5, 5.41) is 3.92. The summed E-state index contributed by atoms with van der Waals surface area (Å²) < 4.78 is 7.46. The first-order valence-corrected chi connectivity index (χ1v) is 11.1. The molecule has 158 valence electrons. The molecule has 0 saturated heterocycles. The molecule has 0 spiro atoms. The van der Waals surface area contributed by atoms with Crippen LogP contribution < -0.4 is 4.74 Å². The number of ketones is 1. The number of rotatable bonds is 6. The topological polar surface area (TPSA) is 69.9 Å². The van der Waals surface area contributed by atoms with E-state index < -0.39 is 0 Å². The van der Waals surface area contributed by atoms with Crippen LogP contribution in [0.1, 0.15) is 21.6 Å². The third-order valence-electron chi connectivity index (χ3n) is 5.12. The van der Waals surface area contributed by atoms with E-state index in [-0.39, 0.29) is 5.78 Å². The Morgan fingerprint density at radius 2 is 2.00 bits per heavy atom. The molecule has 0 bridgehead atoms. The molecule has 3 heterocycles. The first-order valence-electron chi connectivity index (χ1n) is 9.80. The van der Waals surface area contributed by atoms with Gasteiger partial charge in [0.2, 0.25) is 5.78 Å². The van der Waals surface area contributed by atoms with Crippen LogP contribution in [0.15, 0.2) is 72.6 Å². The highest BCUT2D eigenvalue weighted by Crippen LogP contribution is 2.30. The summed E-state index contributed by atoms with van der Waals surface area (Å²) in [5.74, 6) is 0.541. The van der Waals surface area contributed by atoms with Crippen molar-refractivity contribution in [3.05, 3.63) is 94.5 Å². The van der Waals surface area contributed by atoms with Gasteiger partial charge in [0.15, 0.2) is 0 Å². The van der Waals surface area contributed by atoms with Gasteiger partial charge in [-0.15, -0.1) is 11.3 Å². The molecule has 0 fully saturated rings. The Labute approximate surface area is 193 Å². The van der Waals surface area contributed by atoms with Crippen LogP contribution in [0.2, 0.25) is 5.02 Å². The van der Waals surface area contributed by atoms with Crippen molar-refractivity contribution in [1.82, 2.24) is 19.5 Å². The lowest BCUT2D eigenvalue weighted by molar-refractivity contribution is 0.103. The number of hydrogen-bond donors (Lipinski definition) is 0. The first-order chi connectivity index (χ1) is 15.6. The Bertz CT molecular complexity index is 1410. The maximum absolute atomic E-state index is 13.5. The summed E-state index contributed by atoms with van der Waals surface area (Å²) in [5.41, 5.74) is 3.62. The number of methoxy groups -OCH3 is 1. The first kappa shape index (κ1) is 20.4. The number of thiazole rings is 1. The Hall–Kier alpha value is -3.55. The number of halogens is 1.